The van der Waals surface area contributed by atoms with Crippen molar-refractivity contribution >= 4 is 29.9 Å². The molecule has 2 aromatic rings. The molecule has 7 heteroatoms. The minimum atomic E-state index is -0.567. The minimum absolute atomic E-state index is 0. The van der Waals surface area contributed by atoms with Crippen LogP contribution in [0.1, 0.15) is 24.0 Å². The molecule has 0 bridgehead atoms. The predicted octanol–water partition coefficient (Wildman–Crippen LogP) is 2.92. The summed E-state index contributed by atoms with van der Waals surface area (Å²) in [6, 6.07) is 13.9. The molecule has 1 unspecified atom stereocenters. The van der Waals surface area contributed by atoms with Gasteiger partial charge in [-0.15, -0.1) is 12.4 Å². The number of benzene rings is 2. The van der Waals surface area contributed by atoms with Gasteiger partial charge in [-0.25, -0.2) is 4.39 Å². The van der Waals surface area contributed by atoms with Crippen LogP contribution in [0.3, 0.4) is 0 Å². The van der Waals surface area contributed by atoms with E-state index in [4.69, 9.17) is 0 Å². The molecule has 5 nitrogen and oxygen atoms in total. The van der Waals surface area contributed by atoms with Gasteiger partial charge in [0.2, 0.25) is 11.8 Å². The zero-order valence-electron chi connectivity index (χ0n) is 16.1. The molecule has 2 aliphatic heterocycles. The summed E-state index contributed by atoms with van der Waals surface area (Å²) in [6.45, 7) is 2.00. The van der Waals surface area contributed by atoms with Gasteiger partial charge in [-0.3, -0.25) is 9.59 Å². The van der Waals surface area contributed by atoms with Crippen LogP contribution in [0.25, 0.3) is 0 Å². The molecule has 1 saturated heterocycles. The Morgan fingerprint density at radius 1 is 1.10 bits per heavy atom. The molecule has 0 radical (unpaired) electrons. The van der Waals surface area contributed by atoms with Gasteiger partial charge in [0.25, 0.3) is 0 Å². The van der Waals surface area contributed by atoms with E-state index >= 15 is 0 Å². The normalized spacial score (nSPS) is 18.8. The highest BCUT2D eigenvalue weighted by Gasteiger charge is 2.33. The Balaban J connectivity index is 0.00000240. The number of aryl methyl sites for hydroxylation is 1. The molecule has 2 aliphatic rings. The zero-order valence-corrected chi connectivity index (χ0v) is 17.0. The van der Waals surface area contributed by atoms with Gasteiger partial charge < -0.3 is 15.1 Å². The molecule has 154 valence electrons. The highest BCUT2D eigenvalue weighted by Crippen LogP contribution is 2.27. The lowest BCUT2D eigenvalue weighted by Gasteiger charge is -2.35. The highest BCUT2D eigenvalue weighted by atomic mass is 35.5. The van der Waals surface area contributed by atoms with Gasteiger partial charge in [-0.2, -0.15) is 0 Å². The van der Waals surface area contributed by atoms with Crippen molar-refractivity contribution in [3.05, 3.63) is 65.5 Å². The SMILES string of the molecule is Cl.O=C1C(CC(=O)N2CCCc3ccccc32)NCCN1Cc1ccccc1F. The Morgan fingerprint density at radius 2 is 1.86 bits per heavy atom. The van der Waals surface area contributed by atoms with Gasteiger partial charge in [-0.1, -0.05) is 36.4 Å². The third-order valence-electron chi connectivity index (χ3n) is 5.49. The van der Waals surface area contributed by atoms with Gasteiger partial charge in [-0.05, 0) is 30.5 Å². The largest absolute Gasteiger partial charge is 0.336 e. The van der Waals surface area contributed by atoms with Crippen molar-refractivity contribution in [2.75, 3.05) is 24.5 Å². The van der Waals surface area contributed by atoms with E-state index in [1.165, 1.54) is 11.6 Å². The molecule has 0 aliphatic carbocycles. The second-order valence-electron chi connectivity index (χ2n) is 7.34. The van der Waals surface area contributed by atoms with Crippen LogP contribution in [-0.2, 0) is 22.6 Å². The lowest BCUT2D eigenvalue weighted by molar-refractivity contribution is -0.138. The predicted molar refractivity (Wildman–Crippen MR) is 113 cm³/mol. The number of halogens is 2. The van der Waals surface area contributed by atoms with Gasteiger partial charge in [0.1, 0.15) is 5.82 Å². The lowest BCUT2D eigenvalue weighted by atomic mass is 10.0. The number of rotatable bonds is 4. The van der Waals surface area contributed by atoms with Gasteiger partial charge in [0, 0.05) is 37.4 Å². The van der Waals surface area contributed by atoms with E-state index < -0.39 is 6.04 Å². The maximum Gasteiger partial charge on any atom is 0.240 e. The molecule has 0 aromatic heterocycles. The van der Waals surface area contributed by atoms with Crippen molar-refractivity contribution in [1.29, 1.82) is 0 Å². The highest BCUT2D eigenvalue weighted by molar-refractivity contribution is 5.98. The van der Waals surface area contributed by atoms with E-state index in [0.717, 1.165) is 18.5 Å². The quantitative estimate of drug-likeness (QED) is 0.832. The summed E-state index contributed by atoms with van der Waals surface area (Å²) in [4.78, 5) is 29.3. The first-order chi connectivity index (χ1) is 13.6. The van der Waals surface area contributed by atoms with E-state index in [9.17, 15) is 14.0 Å². The molecule has 0 spiro atoms. The third kappa shape index (κ3) is 4.60. The van der Waals surface area contributed by atoms with Crippen LogP contribution in [0.15, 0.2) is 48.5 Å². The summed E-state index contributed by atoms with van der Waals surface area (Å²) in [5.74, 6) is -0.509. The van der Waals surface area contributed by atoms with E-state index in [0.29, 0.717) is 25.2 Å². The number of fused-ring (bicyclic) bond motifs is 1. The van der Waals surface area contributed by atoms with E-state index in [1.54, 1.807) is 28.0 Å². The van der Waals surface area contributed by atoms with E-state index in [-0.39, 0.29) is 43.0 Å². The summed E-state index contributed by atoms with van der Waals surface area (Å²) in [6.07, 6.45) is 2.01. The minimum Gasteiger partial charge on any atom is -0.336 e. The number of anilines is 1. The van der Waals surface area contributed by atoms with Gasteiger partial charge >= 0.3 is 0 Å². The molecular weight excluding hydrogens is 393 g/mol. The van der Waals surface area contributed by atoms with Gasteiger partial charge in [0.05, 0.1) is 12.5 Å². The molecule has 4 rings (SSSR count). The number of piperazine rings is 1. The smallest absolute Gasteiger partial charge is 0.240 e. The van der Waals surface area contributed by atoms with Crippen LogP contribution >= 0.6 is 12.4 Å². The average Bonchev–Trinajstić information content (AvgIpc) is 2.72. The number of hydrogen-bond donors (Lipinski definition) is 1. The van der Waals surface area contributed by atoms with Crippen molar-refractivity contribution in [1.82, 2.24) is 10.2 Å². The maximum absolute atomic E-state index is 13.9. The first-order valence-electron chi connectivity index (χ1n) is 9.77. The summed E-state index contributed by atoms with van der Waals surface area (Å²) < 4.78 is 13.9. The standard InChI is InChI=1S/C22H24FN3O2.ClH/c23-18-9-3-1-7-17(18)15-25-13-11-24-19(22(25)28)14-21(27)26-12-5-8-16-6-2-4-10-20(16)26;/h1-4,6-7,9-10,19,24H,5,8,11-15H2;1H. The molecule has 1 N–H and O–H groups in total. The monoisotopic (exact) mass is 417 g/mol. The first-order valence-corrected chi connectivity index (χ1v) is 9.77. The third-order valence-corrected chi connectivity index (χ3v) is 5.49. The Morgan fingerprint density at radius 3 is 2.69 bits per heavy atom. The lowest BCUT2D eigenvalue weighted by Crippen LogP contribution is -2.56. The van der Waals surface area contributed by atoms with Crippen molar-refractivity contribution in [2.24, 2.45) is 0 Å². The molecule has 2 aromatic carbocycles. The summed E-state index contributed by atoms with van der Waals surface area (Å²) in [5, 5.41) is 3.16. The van der Waals surface area contributed by atoms with Crippen LogP contribution in [0, 0.1) is 5.82 Å². The van der Waals surface area contributed by atoms with Crippen molar-refractivity contribution < 1.29 is 14.0 Å². The van der Waals surface area contributed by atoms with Crippen molar-refractivity contribution in [2.45, 2.75) is 31.8 Å². The first kappa shape index (κ1) is 21.3. The molecule has 2 amide bonds. The van der Waals surface area contributed by atoms with E-state index in [2.05, 4.69) is 11.4 Å². The van der Waals surface area contributed by atoms with Crippen LogP contribution in [0.4, 0.5) is 10.1 Å². The number of nitrogens with zero attached hydrogens (tertiary/aromatic N) is 2. The number of nitrogens with one attached hydrogen (secondary N) is 1. The summed E-state index contributed by atoms with van der Waals surface area (Å²) >= 11 is 0. The van der Waals surface area contributed by atoms with Crippen LogP contribution in [0.2, 0.25) is 0 Å². The fourth-order valence-corrected chi connectivity index (χ4v) is 4.02. The second-order valence-corrected chi connectivity index (χ2v) is 7.34. The molecule has 2 heterocycles. The van der Waals surface area contributed by atoms with Crippen LogP contribution in [-0.4, -0.2) is 42.4 Å². The van der Waals surface area contributed by atoms with E-state index in [1.807, 2.05) is 18.2 Å². The molecule has 29 heavy (non-hydrogen) atoms. The summed E-state index contributed by atoms with van der Waals surface area (Å²) in [7, 11) is 0. The Hall–Kier alpha value is -2.44. The number of amides is 2. The molecule has 1 atom stereocenters. The topological polar surface area (TPSA) is 52.7 Å². The molecular formula is C22H25ClFN3O2. The number of hydrogen-bond acceptors (Lipinski definition) is 3. The van der Waals surface area contributed by atoms with Crippen molar-refractivity contribution in [3.63, 3.8) is 0 Å². The molecule has 1 fully saturated rings. The van der Waals surface area contributed by atoms with Gasteiger partial charge in [0.15, 0.2) is 0 Å². The molecule has 0 saturated carbocycles. The Kier molecular flexibility index (Phi) is 6.87. The Bertz CT molecular complexity index is 892. The Labute approximate surface area is 176 Å². The van der Waals surface area contributed by atoms with Crippen LogP contribution < -0.4 is 10.2 Å². The maximum atomic E-state index is 13.9. The number of carbonyl (C=O) groups excluding carboxylic acids is 2. The average molecular weight is 418 g/mol. The second kappa shape index (κ2) is 9.37. The number of carbonyl (C=O) groups is 2. The zero-order chi connectivity index (χ0) is 19.5. The number of para-hydroxylation sites is 1. The fourth-order valence-electron chi connectivity index (χ4n) is 4.02. The fraction of sp³-hybridized carbons (Fsp3) is 0.364. The van der Waals surface area contributed by atoms with Crippen molar-refractivity contribution in [3.8, 4) is 0 Å². The van der Waals surface area contributed by atoms with Crippen LogP contribution in [0.5, 0.6) is 0 Å². The summed E-state index contributed by atoms with van der Waals surface area (Å²) in [5.41, 5.74) is 2.62.